The molecule has 1 fully saturated rings. The second-order valence-electron chi connectivity index (χ2n) is 6.27. The van der Waals surface area contributed by atoms with Crippen LogP contribution in [0.4, 0.5) is 0 Å². The van der Waals surface area contributed by atoms with Gasteiger partial charge in [0.15, 0.2) is 0 Å². The van der Waals surface area contributed by atoms with Gasteiger partial charge in [-0.25, -0.2) is 0 Å². The lowest BCUT2D eigenvalue weighted by Gasteiger charge is -2.12. The van der Waals surface area contributed by atoms with Crippen molar-refractivity contribution in [1.29, 1.82) is 0 Å². The molecule has 3 nitrogen and oxygen atoms in total. The molecule has 1 aliphatic carbocycles. The summed E-state index contributed by atoms with van der Waals surface area (Å²) < 4.78 is 0. The van der Waals surface area contributed by atoms with Crippen molar-refractivity contribution in [2.75, 3.05) is 6.54 Å². The molecule has 19 heavy (non-hydrogen) atoms. The second kappa shape index (κ2) is 5.74. The number of hydrogen-bond donors (Lipinski definition) is 2. The first kappa shape index (κ1) is 14.1. The highest BCUT2D eigenvalue weighted by atomic mass is 16.2. The van der Waals surface area contributed by atoms with E-state index in [1.807, 2.05) is 18.2 Å². The third kappa shape index (κ3) is 4.06. The summed E-state index contributed by atoms with van der Waals surface area (Å²) in [4.78, 5) is 11.9. The number of aryl methyl sites for hydroxylation is 1. The molecule has 1 amide bonds. The Morgan fingerprint density at radius 1 is 1.42 bits per heavy atom. The minimum absolute atomic E-state index is 0.0152. The minimum atomic E-state index is -0.401. The average Bonchev–Trinajstić information content (AvgIpc) is 3.02. The Bertz CT molecular complexity index is 428. The van der Waals surface area contributed by atoms with E-state index in [-0.39, 0.29) is 5.91 Å². The molecular weight excluding hydrogens is 236 g/mol. The maximum absolute atomic E-state index is 11.9. The molecule has 1 saturated carbocycles. The molecule has 1 aromatic rings. The number of nitrogens with two attached hydrogens (primary N) is 1. The molecule has 0 radical (unpaired) electrons. The largest absolute Gasteiger partial charge is 0.354 e. The van der Waals surface area contributed by atoms with Gasteiger partial charge in [-0.1, -0.05) is 44.2 Å². The molecule has 0 bridgehead atoms. The molecule has 0 saturated heterocycles. The van der Waals surface area contributed by atoms with E-state index in [0.29, 0.717) is 17.8 Å². The summed E-state index contributed by atoms with van der Waals surface area (Å²) in [6, 6.07) is 9.75. The van der Waals surface area contributed by atoms with Gasteiger partial charge in [-0.15, -0.1) is 0 Å². The predicted octanol–water partition coefficient (Wildman–Crippen LogP) is 2.11. The van der Waals surface area contributed by atoms with Crippen LogP contribution in [0.3, 0.4) is 0 Å². The smallest absolute Gasteiger partial charge is 0.236 e. The zero-order valence-corrected chi connectivity index (χ0v) is 11.9. The molecule has 2 rings (SSSR count). The van der Waals surface area contributed by atoms with E-state index in [4.69, 9.17) is 5.73 Å². The fourth-order valence-corrected chi connectivity index (χ4v) is 2.38. The highest BCUT2D eigenvalue weighted by molar-refractivity contribution is 5.81. The number of carbonyl (C=O) groups excluding carboxylic acids is 1. The summed E-state index contributed by atoms with van der Waals surface area (Å²) in [6.45, 7) is 5.24. The average molecular weight is 260 g/mol. The summed E-state index contributed by atoms with van der Waals surface area (Å²) in [7, 11) is 0. The van der Waals surface area contributed by atoms with Crippen molar-refractivity contribution in [3.63, 3.8) is 0 Å². The van der Waals surface area contributed by atoms with Crippen LogP contribution in [-0.2, 0) is 11.2 Å². The summed E-state index contributed by atoms with van der Waals surface area (Å²) in [5, 5.41) is 2.97. The van der Waals surface area contributed by atoms with Gasteiger partial charge in [-0.05, 0) is 36.2 Å². The number of hydrogen-bond acceptors (Lipinski definition) is 2. The Morgan fingerprint density at radius 3 is 2.63 bits per heavy atom. The Hall–Kier alpha value is -1.35. The van der Waals surface area contributed by atoms with E-state index >= 15 is 0 Å². The van der Waals surface area contributed by atoms with Gasteiger partial charge in [0.1, 0.15) is 0 Å². The van der Waals surface area contributed by atoms with Crippen molar-refractivity contribution >= 4 is 5.91 Å². The summed E-state index contributed by atoms with van der Waals surface area (Å²) in [6.07, 6.45) is 2.75. The van der Waals surface area contributed by atoms with Crippen molar-refractivity contribution in [1.82, 2.24) is 5.32 Å². The van der Waals surface area contributed by atoms with Gasteiger partial charge in [0.2, 0.25) is 5.91 Å². The Morgan fingerprint density at radius 2 is 2.05 bits per heavy atom. The van der Waals surface area contributed by atoms with E-state index in [1.165, 1.54) is 12.0 Å². The van der Waals surface area contributed by atoms with Gasteiger partial charge in [0.25, 0.3) is 0 Å². The van der Waals surface area contributed by atoms with Crippen LogP contribution in [0.15, 0.2) is 30.3 Å². The highest BCUT2D eigenvalue weighted by Crippen LogP contribution is 2.50. The van der Waals surface area contributed by atoms with Gasteiger partial charge in [0.05, 0.1) is 6.04 Å². The molecule has 2 atom stereocenters. The molecule has 0 aliphatic heterocycles. The lowest BCUT2D eigenvalue weighted by atomic mass is 10.1. The first-order chi connectivity index (χ1) is 8.99. The summed E-state index contributed by atoms with van der Waals surface area (Å²) in [5.74, 6) is 0.608. The first-order valence-electron chi connectivity index (χ1n) is 7.06. The Kier molecular flexibility index (Phi) is 4.25. The van der Waals surface area contributed by atoms with Crippen LogP contribution in [0, 0.1) is 11.3 Å². The van der Waals surface area contributed by atoms with Crippen molar-refractivity contribution < 1.29 is 4.79 Å². The molecule has 3 heteroatoms. The third-order valence-corrected chi connectivity index (χ3v) is 4.16. The number of amides is 1. The van der Waals surface area contributed by atoms with Crippen LogP contribution in [0.25, 0.3) is 0 Å². The molecule has 1 aromatic carbocycles. The zero-order valence-electron chi connectivity index (χ0n) is 11.9. The van der Waals surface area contributed by atoms with Crippen molar-refractivity contribution in [3.05, 3.63) is 35.9 Å². The molecule has 0 spiro atoms. The van der Waals surface area contributed by atoms with E-state index in [2.05, 4.69) is 31.3 Å². The monoisotopic (exact) mass is 260 g/mol. The Balaban J connectivity index is 1.68. The Labute approximate surface area is 115 Å². The van der Waals surface area contributed by atoms with E-state index in [9.17, 15) is 4.79 Å². The zero-order chi connectivity index (χ0) is 13.9. The fraction of sp³-hybridized carbons (Fsp3) is 0.562. The SMILES string of the molecule is CC1(C)CC1CNC(=O)C(N)CCc1ccccc1. The maximum atomic E-state index is 11.9. The van der Waals surface area contributed by atoms with Gasteiger partial charge in [-0.3, -0.25) is 4.79 Å². The number of nitrogens with one attached hydrogen (secondary N) is 1. The predicted molar refractivity (Wildman–Crippen MR) is 77.6 cm³/mol. The highest BCUT2D eigenvalue weighted by Gasteiger charge is 2.45. The third-order valence-electron chi connectivity index (χ3n) is 4.16. The van der Waals surface area contributed by atoms with Gasteiger partial charge in [-0.2, -0.15) is 0 Å². The van der Waals surface area contributed by atoms with Gasteiger partial charge >= 0.3 is 0 Å². The molecule has 2 unspecified atom stereocenters. The van der Waals surface area contributed by atoms with Crippen molar-refractivity contribution in [2.45, 2.75) is 39.2 Å². The van der Waals surface area contributed by atoms with E-state index in [1.54, 1.807) is 0 Å². The van der Waals surface area contributed by atoms with Crippen LogP contribution in [-0.4, -0.2) is 18.5 Å². The van der Waals surface area contributed by atoms with E-state index in [0.717, 1.165) is 13.0 Å². The van der Waals surface area contributed by atoms with Crippen molar-refractivity contribution in [2.24, 2.45) is 17.1 Å². The summed E-state index contributed by atoms with van der Waals surface area (Å²) in [5.41, 5.74) is 7.56. The maximum Gasteiger partial charge on any atom is 0.236 e. The number of rotatable bonds is 6. The number of benzene rings is 1. The molecule has 3 N–H and O–H groups in total. The van der Waals surface area contributed by atoms with Crippen LogP contribution in [0.2, 0.25) is 0 Å². The van der Waals surface area contributed by atoms with Crippen molar-refractivity contribution in [3.8, 4) is 0 Å². The standard InChI is InChI=1S/C16H24N2O/c1-16(2)10-13(16)11-18-15(19)14(17)9-8-12-6-4-3-5-7-12/h3-7,13-14H,8-11,17H2,1-2H3,(H,18,19). The minimum Gasteiger partial charge on any atom is -0.354 e. The molecule has 0 aromatic heterocycles. The van der Waals surface area contributed by atoms with Gasteiger partial charge < -0.3 is 11.1 Å². The molecular formula is C16H24N2O. The topological polar surface area (TPSA) is 55.1 Å². The molecule has 1 aliphatic rings. The lowest BCUT2D eigenvalue weighted by molar-refractivity contribution is -0.122. The van der Waals surface area contributed by atoms with Crippen LogP contribution < -0.4 is 11.1 Å². The van der Waals surface area contributed by atoms with E-state index < -0.39 is 6.04 Å². The summed E-state index contributed by atoms with van der Waals surface area (Å²) >= 11 is 0. The molecule has 104 valence electrons. The van der Waals surface area contributed by atoms with Crippen LogP contribution in [0.1, 0.15) is 32.3 Å². The van der Waals surface area contributed by atoms with Gasteiger partial charge in [0, 0.05) is 6.54 Å². The quantitative estimate of drug-likeness (QED) is 0.823. The normalized spacial score (nSPS) is 21.7. The van der Waals surface area contributed by atoms with Crippen LogP contribution in [0.5, 0.6) is 0 Å². The van der Waals surface area contributed by atoms with Crippen LogP contribution >= 0.6 is 0 Å². The lowest BCUT2D eigenvalue weighted by Crippen LogP contribution is -2.41. The second-order valence-corrected chi connectivity index (χ2v) is 6.27. The molecule has 0 heterocycles. The first-order valence-corrected chi connectivity index (χ1v) is 7.06. The number of carbonyl (C=O) groups is 1. The fourth-order valence-electron chi connectivity index (χ4n) is 2.38.